The summed E-state index contributed by atoms with van der Waals surface area (Å²) in [4.78, 5) is 24.3. The molecule has 0 spiro atoms. The molecule has 1 aromatic heterocycles. The molecular weight excluding hydrogens is 774 g/mol. The molecule has 3 rings (SSSR count). The molecule has 17 nitrogen and oxygen atoms in total. The third-order valence-corrected chi connectivity index (χ3v) is 7.33. The number of sulfone groups is 1. The van der Waals surface area contributed by atoms with E-state index >= 15 is 0 Å². The van der Waals surface area contributed by atoms with Gasteiger partial charge in [-0.25, -0.2) is 21.4 Å². The molecular formula is C31H37F4N5O12S2. The van der Waals surface area contributed by atoms with Crippen LogP contribution >= 0.6 is 0 Å². The van der Waals surface area contributed by atoms with Crippen LogP contribution in [0, 0.1) is 34.1 Å². The number of esters is 1. The van der Waals surface area contributed by atoms with E-state index in [2.05, 4.69) is 27.0 Å². The molecule has 3 N–H and O–H groups in total. The van der Waals surface area contributed by atoms with E-state index in [0.29, 0.717) is 0 Å². The van der Waals surface area contributed by atoms with E-state index in [1.165, 1.54) is 24.5 Å². The lowest BCUT2D eigenvalue weighted by Gasteiger charge is -2.11. The molecule has 2 aromatic carbocycles. The lowest BCUT2D eigenvalue weighted by Crippen LogP contribution is -2.17. The smallest absolute Gasteiger partial charge is 0.313 e. The summed E-state index contributed by atoms with van der Waals surface area (Å²) in [6.07, 6.45) is 1.78. The number of hydrogen-bond acceptors (Lipinski definition) is 16. The number of nitrogens with one attached hydrogen (secondary N) is 3. The predicted molar refractivity (Wildman–Crippen MR) is 183 cm³/mol. The van der Waals surface area contributed by atoms with Gasteiger partial charge in [0.05, 0.1) is 65.7 Å². The minimum absolute atomic E-state index is 0.00799. The highest BCUT2D eigenvalue weighted by molar-refractivity contribution is 7.90. The number of carbonyl (C=O) groups is 2. The number of halogens is 4. The molecule has 3 aromatic rings. The zero-order chi connectivity index (χ0) is 40.3. The summed E-state index contributed by atoms with van der Waals surface area (Å²) < 4.78 is 124. The molecule has 1 unspecified atom stereocenters. The maximum Gasteiger partial charge on any atom is 0.313 e. The number of amides is 1. The van der Waals surface area contributed by atoms with E-state index in [9.17, 15) is 39.8 Å². The van der Waals surface area contributed by atoms with Gasteiger partial charge in [0, 0.05) is 35.4 Å². The van der Waals surface area contributed by atoms with E-state index in [0.717, 1.165) is 6.26 Å². The molecule has 1 amide bonds. The third-order valence-electron chi connectivity index (χ3n) is 6.12. The lowest BCUT2D eigenvalue weighted by molar-refractivity contribution is -0.136. The Kier molecular flexibility index (Phi) is 19.5. The highest BCUT2D eigenvalue weighted by Crippen LogP contribution is 2.27. The zero-order valence-electron chi connectivity index (χ0n) is 28.9. The number of aromatic nitrogens is 2. The maximum absolute atomic E-state index is 13.6. The fourth-order valence-corrected chi connectivity index (χ4v) is 4.44. The van der Waals surface area contributed by atoms with E-state index in [1.807, 2.05) is 0 Å². The van der Waals surface area contributed by atoms with Gasteiger partial charge in [0.1, 0.15) is 10.8 Å². The number of hydrogen-bond donors (Lipinski definition) is 3. The fraction of sp³-hybridized carbons (Fsp3) is 0.419. The van der Waals surface area contributed by atoms with Crippen LogP contribution in [0.3, 0.4) is 0 Å². The van der Waals surface area contributed by atoms with Gasteiger partial charge >= 0.3 is 11.2 Å². The van der Waals surface area contributed by atoms with Gasteiger partial charge in [-0.15, -0.1) is 5.10 Å². The Hall–Kier alpha value is -4.68. The topological polar surface area (TPSA) is 239 Å². The number of carbonyl (C=O) groups excluding carboxylic acids is 2. The van der Waals surface area contributed by atoms with Gasteiger partial charge in [0.15, 0.2) is 27.4 Å². The van der Waals surface area contributed by atoms with Crippen LogP contribution in [0.1, 0.15) is 18.4 Å². The second kappa shape index (κ2) is 23.2. The number of benzene rings is 2. The summed E-state index contributed by atoms with van der Waals surface area (Å²) in [5.41, 5.74) is 0.537. The van der Waals surface area contributed by atoms with Crippen molar-refractivity contribution < 1.29 is 72.6 Å². The first-order chi connectivity index (χ1) is 25.6. The normalized spacial score (nSPS) is 11.7. The molecule has 54 heavy (non-hydrogen) atoms. The molecule has 298 valence electrons. The van der Waals surface area contributed by atoms with Gasteiger partial charge < -0.3 is 43.6 Å². The second-order valence-corrected chi connectivity index (χ2v) is 13.8. The average Bonchev–Trinajstić information content (AvgIpc) is 3.63. The summed E-state index contributed by atoms with van der Waals surface area (Å²) in [5, 5.41) is 23.7. The molecule has 1 heterocycles. The minimum Gasteiger partial charge on any atom is -0.461 e. The Balaban J connectivity index is 0.00000495. The highest BCUT2D eigenvalue weighted by atomic mass is 32.2. The van der Waals surface area contributed by atoms with Crippen molar-refractivity contribution in [2.45, 2.75) is 18.1 Å². The van der Waals surface area contributed by atoms with Crippen molar-refractivity contribution in [1.82, 2.24) is 10.2 Å². The van der Waals surface area contributed by atoms with Gasteiger partial charge in [0.25, 0.3) is 0 Å². The fourth-order valence-electron chi connectivity index (χ4n) is 3.76. The van der Waals surface area contributed by atoms with E-state index in [4.69, 9.17) is 38.9 Å². The molecule has 0 saturated carbocycles. The SMILES string of the molecule is C=N.CS(=O)c1nnc(-c2cc(NC(=O)CCOCCOCCOCCOCCC(=O)Oc3c(F)c(F)cc(F)c3F)cc(C(=N)OCS(C)(=O)=O)c2)o1. The molecule has 0 saturated heterocycles. The van der Waals surface area contributed by atoms with Crippen molar-refractivity contribution in [3.05, 3.63) is 53.1 Å². The van der Waals surface area contributed by atoms with Crippen molar-refractivity contribution >= 4 is 50.8 Å². The van der Waals surface area contributed by atoms with E-state index in [-0.39, 0.29) is 93.3 Å². The van der Waals surface area contributed by atoms with Crippen LogP contribution < -0.4 is 10.1 Å². The molecule has 0 aliphatic carbocycles. The molecule has 0 bridgehead atoms. The van der Waals surface area contributed by atoms with Crippen molar-refractivity contribution in [1.29, 1.82) is 10.8 Å². The summed E-state index contributed by atoms with van der Waals surface area (Å²) in [6.45, 7) is 3.25. The molecule has 0 aliphatic rings. The molecule has 0 fully saturated rings. The van der Waals surface area contributed by atoms with Crippen LogP contribution in [0.2, 0.25) is 0 Å². The van der Waals surface area contributed by atoms with Crippen LogP contribution in [-0.2, 0) is 53.9 Å². The van der Waals surface area contributed by atoms with E-state index < -0.39 is 79.8 Å². The molecule has 0 radical (unpaired) electrons. The van der Waals surface area contributed by atoms with Crippen molar-refractivity contribution in [3.63, 3.8) is 0 Å². The third kappa shape index (κ3) is 16.1. The summed E-state index contributed by atoms with van der Waals surface area (Å²) >= 11 is 0. The minimum atomic E-state index is -3.55. The van der Waals surface area contributed by atoms with Gasteiger partial charge in [-0.1, -0.05) is 5.10 Å². The van der Waals surface area contributed by atoms with Crippen LogP contribution in [0.5, 0.6) is 5.75 Å². The predicted octanol–water partition coefficient (Wildman–Crippen LogP) is 3.03. The number of nitrogens with zero attached hydrogens (tertiary/aromatic N) is 2. The van der Waals surface area contributed by atoms with Crippen molar-refractivity contribution in [2.75, 3.05) is 76.6 Å². The first kappa shape index (κ1) is 45.5. The maximum atomic E-state index is 13.6. The Morgan fingerprint density at radius 1 is 0.852 bits per heavy atom. The summed E-state index contributed by atoms with van der Waals surface area (Å²) in [6, 6.07) is 4.24. The first-order valence-corrected chi connectivity index (χ1v) is 19.0. The van der Waals surface area contributed by atoms with Crippen LogP contribution in [0.4, 0.5) is 23.2 Å². The number of ether oxygens (including phenoxy) is 6. The number of rotatable bonds is 22. The largest absolute Gasteiger partial charge is 0.461 e. The Bertz CT molecular complexity index is 1840. The van der Waals surface area contributed by atoms with E-state index in [1.54, 1.807) is 0 Å². The van der Waals surface area contributed by atoms with Crippen LogP contribution in [0.25, 0.3) is 11.5 Å². The Labute approximate surface area is 309 Å². The Morgan fingerprint density at radius 3 is 1.91 bits per heavy atom. The van der Waals surface area contributed by atoms with Gasteiger partial charge in [-0.2, -0.15) is 8.78 Å². The first-order valence-electron chi connectivity index (χ1n) is 15.4. The average molecular weight is 812 g/mol. The molecule has 0 aliphatic heterocycles. The van der Waals surface area contributed by atoms with Crippen molar-refractivity contribution in [2.24, 2.45) is 0 Å². The Morgan fingerprint density at radius 2 is 1.39 bits per heavy atom. The second-order valence-electron chi connectivity index (χ2n) is 10.4. The van der Waals surface area contributed by atoms with Gasteiger partial charge in [-0.3, -0.25) is 15.0 Å². The molecule has 1 atom stereocenters. The lowest BCUT2D eigenvalue weighted by atomic mass is 10.1. The standard InChI is InChI=1S/C30H34F4N4O12S2.CH3N/c1-51(41)30-38-37-29(50-30)19-13-18(28(35)48-17-52(2,42)43)14-20(15-19)36-23(39)3-5-44-7-9-46-11-12-47-10-8-45-6-4-24(40)49-27-25(33)21(31)16-22(32)26(27)34;1-2/h13-16,35H,3-12,17H2,1-2H3,(H,36,39);2H,1H2. The number of anilines is 1. The van der Waals surface area contributed by atoms with Crippen LogP contribution in [-0.4, -0.2) is 119 Å². The highest BCUT2D eigenvalue weighted by Gasteiger charge is 2.23. The van der Waals surface area contributed by atoms with Gasteiger partial charge in [0.2, 0.25) is 35.1 Å². The summed E-state index contributed by atoms with van der Waals surface area (Å²) in [7, 11) is -5.11. The monoisotopic (exact) mass is 811 g/mol. The zero-order valence-corrected chi connectivity index (χ0v) is 30.5. The summed E-state index contributed by atoms with van der Waals surface area (Å²) in [5.74, 6) is -11.4. The van der Waals surface area contributed by atoms with Crippen molar-refractivity contribution in [3.8, 4) is 17.2 Å². The molecule has 23 heteroatoms. The van der Waals surface area contributed by atoms with Crippen LogP contribution in [0.15, 0.2) is 33.9 Å². The van der Waals surface area contributed by atoms with Gasteiger partial charge in [-0.05, 0) is 24.9 Å². The quantitative estimate of drug-likeness (QED) is 0.0252.